The van der Waals surface area contributed by atoms with Crippen LogP contribution in [-0.2, 0) is 11.3 Å². The van der Waals surface area contributed by atoms with Gasteiger partial charge in [0.1, 0.15) is 0 Å². The Hall–Kier alpha value is -1.50. The van der Waals surface area contributed by atoms with E-state index in [1.165, 1.54) is 10.9 Å². The Morgan fingerprint density at radius 3 is 2.46 bits per heavy atom. The highest BCUT2D eigenvalue weighted by Gasteiger charge is 2.42. The number of amides is 1. The number of nitrogens with zero attached hydrogens (tertiary/aromatic N) is 2. The molecule has 0 radical (unpaired) electrons. The summed E-state index contributed by atoms with van der Waals surface area (Å²) in [4.78, 5) is 15.8. The highest BCUT2D eigenvalue weighted by Crippen LogP contribution is 2.37. The summed E-state index contributed by atoms with van der Waals surface area (Å²) in [5.41, 5.74) is 1.21. The molecule has 26 heavy (non-hydrogen) atoms. The van der Waals surface area contributed by atoms with Crippen LogP contribution < -0.4 is 0 Å². The van der Waals surface area contributed by atoms with E-state index in [9.17, 15) is 15.0 Å². The Morgan fingerprint density at radius 2 is 1.81 bits per heavy atom. The van der Waals surface area contributed by atoms with Gasteiger partial charge in [-0.05, 0) is 37.7 Å². The molecule has 1 aromatic heterocycles. The molecule has 1 aliphatic carbocycles. The Morgan fingerprint density at radius 1 is 1.15 bits per heavy atom. The number of aryl methyl sites for hydroxylation is 1. The summed E-state index contributed by atoms with van der Waals surface area (Å²) in [5.74, 6) is 1.23. The predicted molar refractivity (Wildman–Crippen MR) is 103 cm³/mol. The zero-order valence-corrected chi connectivity index (χ0v) is 15.9. The van der Waals surface area contributed by atoms with E-state index in [4.69, 9.17) is 0 Å². The molecule has 1 saturated carbocycles. The van der Waals surface area contributed by atoms with Gasteiger partial charge in [-0.3, -0.25) is 4.79 Å². The molecular weight excluding hydrogens is 348 g/mol. The van der Waals surface area contributed by atoms with Crippen molar-refractivity contribution < 1.29 is 15.0 Å². The van der Waals surface area contributed by atoms with Gasteiger partial charge in [-0.1, -0.05) is 18.2 Å². The molecule has 2 aliphatic rings. The summed E-state index contributed by atoms with van der Waals surface area (Å²) >= 11 is 1.60. The van der Waals surface area contributed by atoms with E-state index >= 15 is 0 Å². The average Bonchev–Trinajstić information content (AvgIpc) is 3.21. The number of hydrogen-bond acceptors (Lipinski definition) is 4. The number of carbonyl (C=O) groups excluding carboxylic acids is 1. The molecule has 5 nitrogen and oxygen atoms in total. The molecule has 4 atom stereocenters. The maximum Gasteiger partial charge on any atom is 0.232 e. The number of likely N-dealkylation sites (tertiary alicyclic amines) is 1. The Labute approximate surface area is 158 Å². The third-order valence-electron chi connectivity index (χ3n) is 5.91. The average molecular weight is 375 g/mol. The van der Waals surface area contributed by atoms with Gasteiger partial charge in [0.2, 0.25) is 5.91 Å². The fourth-order valence-corrected chi connectivity index (χ4v) is 5.42. The van der Waals surface area contributed by atoms with Crippen LogP contribution >= 0.6 is 11.8 Å². The molecule has 4 rings (SSSR count). The lowest BCUT2D eigenvalue weighted by atomic mass is 9.79. The van der Waals surface area contributed by atoms with E-state index in [1.807, 2.05) is 17.0 Å². The fraction of sp³-hybridized carbons (Fsp3) is 0.550. The number of benzene rings is 1. The third-order valence-corrected chi connectivity index (χ3v) is 6.93. The summed E-state index contributed by atoms with van der Waals surface area (Å²) < 4.78 is 2.22. The number of thioether (sulfide) groups is 1. The maximum atomic E-state index is 12.7. The quantitative estimate of drug-likeness (QED) is 0.807. The molecule has 2 N–H and O–H groups in total. The summed E-state index contributed by atoms with van der Waals surface area (Å²) in [5, 5.41) is 20.9. The van der Waals surface area contributed by atoms with Crippen molar-refractivity contribution in [3.63, 3.8) is 0 Å². The molecule has 0 unspecified atom stereocenters. The van der Waals surface area contributed by atoms with Gasteiger partial charge < -0.3 is 19.7 Å². The van der Waals surface area contributed by atoms with Crippen LogP contribution in [0.1, 0.15) is 19.8 Å². The number of aromatic nitrogens is 1. The second-order valence-corrected chi connectivity index (χ2v) is 8.53. The van der Waals surface area contributed by atoms with E-state index in [0.717, 1.165) is 11.4 Å². The lowest BCUT2D eigenvalue weighted by molar-refractivity contribution is -0.127. The van der Waals surface area contributed by atoms with Crippen LogP contribution in [0.4, 0.5) is 0 Å². The minimum atomic E-state index is -0.638. The number of para-hydroxylation sites is 1. The minimum absolute atomic E-state index is 0.154. The van der Waals surface area contributed by atoms with E-state index < -0.39 is 12.2 Å². The van der Waals surface area contributed by atoms with Crippen LogP contribution in [0.3, 0.4) is 0 Å². The van der Waals surface area contributed by atoms with Crippen molar-refractivity contribution in [1.82, 2.24) is 9.47 Å². The lowest BCUT2D eigenvalue weighted by Crippen LogP contribution is -2.38. The molecule has 2 aromatic rings. The lowest BCUT2D eigenvalue weighted by Gasteiger charge is -2.31. The Bertz CT molecular complexity index is 787. The van der Waals surface area contributed by atoms with Crippen molar-refractivity contribution in [2.75, 3.05) is 18.8 Å². The first-order valence-electron chi connectivity index (χ1n) is 9.41. The smallest absolute Gasteiger partial charge is 0.232 e. The molecule has 0 spiro atoms. The van der Waals surface area contributed by atoms with Gasteiger partial charge >= 0.3 is 0 Å². The molecule has 1 aromatic carbocycles. The van der Waals surface area contributed by atoms with Crippen molar-refractivity contribution in [3.05, 3.63) is 30.5 Å². The zero-order chi connectivity index (χ0) is 18.3. The molecule has 6 heteroatoms. The van der Waals surface area contributed by atoms with E-state index in [-0.39, 0.29) is 5.91 Å². The predicted octanol–water partition coefficient (Wildman–Crippen LogP) is 2.34. The van der Waals surface area contributed by atoms with Gasteiger partial charge in [-0.15, -0.1) is 11.8 Å². The molecule has 1 aliphatic heterocycles. The summed E-state index contributed by atoms with van der Waals surface area (Å²) in [6.45, 7) is 4.46. The molecule has 2 heterocycles. The van der Waals surface area contributed by atoms with Crippen molar-refractivity contribution in [2.24, 2.45) is 11.8 Å². The fourth-order valence-electron chi connectivity index (χ4n) is 4.43. The second kappa shape index (κ2) is 7.25. The van der Waals surface area contributed by atoms with Crippen LogP contribution in [-0.4, -0.2) is 56.6 Å². The highest BCUT2D eigenvalue weighted by molar-refractivity contribution is 8.00. The molecular formula is C20H26N2O3S. The summed E-state index contributed by atoms with van der Waals surface area (Å²) in [6.07, 6.45) is 2.07. The second-order valence-electron chi connectivity index (χ2n) is 7.51. The van der Waals surface area contributed by atoms with Crippen LogP contribution in [0.2, 0.25) is 0 Å². The van der Waals surface area contributed by atoms with Crippen LogP contribution in [0.5, 0.6) is 0 Å². The SMILES string of the molecule is CCn1cc(SCC(=O)N2C[C@H]3C[C@H](O)[C@H](O)C[C@H]3C2)c2ccccc21. The van der Waals surface area contributed by atoms with Crippen molar-refractivity contribution in [1.29, 1.82) is 0 Å². The molecule has 1 saturated heterocycles. The molecule has 1 amide bonds. The Balaban J connectivity index is 1.41. The first kappa shape index (κ1) is 17.9. The van der Waals surface area contributed by atoms with E-state index in [1.54, 1.807) is 11.8 Å². The van der Waals surface area contributed by atoms with E-state index in [2.05, 4.69) is 29.8 Å². The molecule has 2 fully saturated rings. The van der Waals surface area contributed by atoms with Gasteiger partial charge in [-0.2, -0.15) is 0 Å². The van der Waals surface area contributed by atoms with Crippen molar-refractivity contribution in [2.45, 2.75) is 43.4 Å². The van der Waals surface area contributed by atoms with Gasteiger partial charge in [-0.25, -0.2) is 0 Å². The topological polar surface area (TPSA) is 65.7 Å². The minimum Gasteiger partial charge on any atom is -0.390 e. The van der Waals surface area contributed by atoms with Gasteiger partial charge in [0.25, 0.3) is 0 Å². The number of rotatable bonds is 4. The summed E-state index contributed by atoms with van der Waals surface area (Å²) in [6, 6.07) is 8.31. The van der Waals surface area contributed by atoms with Gasteiger partial charge in [0.15, 0.2) is 0 Å². The number of aliphatic hydroxyl groups is 2. The number of carbonyl (C=O) groups is 1. The standard InChI is InChI=1S/C20H26N2O3S/c1-2-21-11-19(15-5-3-4-6-16(15)21)26-12-20(25)22-9-13-7-17(23)18(24)8-14(13)10-22/h3-6,11,13-14,17-18,23-24H,2,7-10,12H2,1H3/t13-,14+,17+,18-. The zero-order valence-electron chi connectivity index (χ0n) is 15.0. The van der Waals surface area contributed by atoms with Crippen LogP contribution in [0.15, 0.2) is 35.4 Å². The van der Waals surface area contributed by atoms with Gasteiger partial charge in [0, 0.05) is 41.6 Å². The largest absolute Gasteiger partial charge is 0.390 e. The normalized spacial score (nSPS) is 28.5. The van der Waals surface area contributed by atoms with Crippen LogP contribution in [0, 0.1) is 11.8 Å². The number of fused-ring (bicyclic) bond motifs is 2. The summed E-state index contributed by atoms with van der Waals surface area (Å²) in [7, 11) is 0. The number of hydrogen-bond donors (Lipinski definition) is 2. The first-order valence-corrected chi connectivity index (χ1v) is 10.4. The number of aliphatic hydroxyl groups excluding tert-OH is 2. The van der Waals surface area contributed by atoms with Crippen molar-refractivity contribution >= 4 is 28.6 Å². The van der Waals surface area contributed by atoms with Crippen molar-refractivity contribution in [3.8, 4) is 0 Å². The van der Waals surface area contributed by atoms with Gasteiger partial charge in [0.05, 0.1) is 18.0 Å². The molecule has 0 bridgehead atoms. The van der Waals surface area contributed by atoms with Crippen LogP contribution in [0.25, 0.3) is 10.9 Å². The molecule has 140 valence electrons. The van der Waals surface area contributed by atoms with E-state index in [0.29, 0.717) is 43.5 Å². The Kier molecular flexibility index (Phi) is 4.99. The highest BCUT2D eigenvalue weighted by atomic mass is 32.2. The monoisotopic (exact) mass is 374 g/mol. The first-order chi connectivity index (χ1) is 12.6. The maximum absolute atomic E-state index is 12.7. The third kappa shape index (κ3) is 3.26.